The lowest BCUT2D eigenvalue weighted by Crippen LogP contribution is -2.73. The first-order chi connectivity index (χ1) is 13.4. The van der Waals surface area contributed by atoms with Crippen molar-refractivity contribution in [3.63, 3.8) is 0 Å². The molecule has 2 aliphatic carbocycles. The SMILES string of the molecule is CC1CCCC(CC(=O)NC2(CO)CN(C(=O)c3cc(C4CC4)n(C)n3)C2)C1. The van der Waals surface area contributed by atoms with Crippen molar-refractivity contribution in [2.45, 2.75) is 63.3 Å². The maximum Gasteiger partial charge on any atom is 0.274 e. The number of aryl methyl sites for hydroxylation is 1. The number of carbonyl (C=O) groups excluding carboxylic acids is 2. The Morgan fingerprint density at radius 3 is 2.68 bits per heavy atom. The van der Waals surface area contributed by atoms with E-state index in [0.29, 0.717) is 43.0 Å². The Balaban J connectivity index is 1.31. The highest BCUT2D eigenvalue weighted by atomic mass is 16.3. The fourth-order valence-corrected chi connectivity index (χ4v) is 4.91. The molecule has 2 amide bonds. The number of aliphatic hydroxyl groups is 1. The van der Waals surface area contributed by atoms with Gasteiger partial charge in [-0.05, 0) is 43.6 Å². The monoisotopic (exact) mass is 388 g/mol. The predicted molar refractivity (Wildman–Crippen MR) is 105 cm³/mol. The maximum atomic E-state index is 12.7. The van der Waals surface area contributed by atoms with Crippen molar-refractivity contribution in [3.05, 3.63) is 17.5 Å². The second-order valence-electron chi connectivity index (χ2n) is 9.34. The topological polar surface area (TPSA) is 87.5 Å². The van der Waals surface area contributed by atoms with Crippen LogP contribution in [0.2, 0.25) is 0 Å². The molecule has 1 aliphatic heterocycles. The maximum absolute atomic E-state index is 12.7. The second kappa shape index (κ2) is 7.50. The van der Waals surface area contributed by atoms with E-state index in [-0.39, 0.29) is 18.4 Å². The predicted octanol–water partition coefficient (Wildman–Crippen LogP) is 1.82. The van der Waals surface area contributed by atoms with Crippen molar-refractivity contribution in [3.8, 4) is 0 Å². The molecule has 0 aromatic carbocycles. The molecule has 2 unspecified atom stereocenters. The van der Waals surface area contributed by atoms with E-state index in [0.717, 1.165) is 31.4 Å². The van der Waals surface area contributed by atoms with Crippen molar-refractivity contribution in [2.24, 2.45) is 18.9 Å². The third-order valence-corrected chi connectivity index (χ3v) is 6.63. The van der Waals surface area contributed by atoms with Gasteiger partial charge in [-0.1, -0.05) is 19.8 Å². The molecule has 4 rings (SSSR count). The van der Waals surface area contributed by atoms with E-state index in [9.17, 15) is 14.7 Å². The molecule has 1 aromatic rings. The van der Waals surface area contributed by atoms with E-state index in [1.807, 2.05) is 13.1 Å². The molecule has 3 aliphatic rings. The average molecular weight is 389 g/mol. The molecular weight excluding hydrogens is 356 g/mol. The van der Waals surface area contributed by atoms with E-state index < -0.39 is 5.54 Å². The van der Waals surface area contributed by atoms with Gasteiger partial charge in [-0.3, -0.25) is 14.3 Å². The van der Waals surface area contributed by atoms with Crippen LogP contribution in [-0.4, -0.2) is 56.8 Å². The quantitative estimate of drug-likeness (QED) is 0.778. The van der Waals surface area contributed by atoms with Gasteiger partial charge in [0.25, 0.3) is 5.91 Å². The summed E-state index contributed by atoms with van der Waals surface area (Å²) in [5.41, 5.74) is 0.868. The van der Waals surface area contributed by atoms with Crippen molar-refractivity contribution >= 4 is 11.8 Å². The molecule has 2 heterocycles. The van der Waals surface area contributed by atoms with E-state index in [1.54, 1.807) is 9.58 Å². The number of hydrogen-bond acceptors (Lipinski definition) is 4. The summed E-state index contributed by atoms with van der Waals surface area (Å²) in [5, 5.41) is 17.2. The van der Waals surface area contributed by atoms with Crippen LogP contribution in [0.1, 0.15) is 74.0 Å². The Morgan fingerprint density at radius 2 is 2.04 bits per heavy atom. The van der Waals surface area contributed by atoms with Crippen molar-refractivity contribution in [2.75, 3.05) is 19.7 Å². The van der Waals surface area contributed by atoms with E-state index >= 15 is 0 Å². The number of likely N-dealkylation sites (tertiary alicyclic amines) is 1. The molecule has 0 radical (unpaired) electrons. The fraction of sp³-hybridized carbons (Fsp3) is 0.762. The van der Waals surface area contributed by atoms with Gasteiger partial charge in [0.2, 0.25) is 5.91 Å². The highest BCUT2D eigenvalue weighted by Crippen LogP contribution is 2.40. The summed E-state index contributed by atoms with van der Waals surface area (Å²) in [4.78, 5) is 26.9. The zero-order valence-corrected chi connectivity index (χ0v) is 17.0. The molecule has 154 valence electrons. The Bertz CT molecular complexity index is 749. The van der Waals surface area contributed by atoms with E-state index in [2.05, 4.69) is 17.3 Å². The first kappa shape index (κ1) is 19.4. The van der Waals surface area contributed by atoms with Gasteiger partial charge in [0.15, 0.2) is 5.69 Å². The molecule has 7 nitrogen and oxygen atoms in total. The highest BCUT2D eigenvalue weighted by Gasteiger charge is 2.47. The summed E-state index contributed by atoms with van der Waals surface area (Å²) in [7, 11) is 1.88. The van der Waals surface area contributed by atoms with Crippen LogP contribution in [0.15, 0.2) is 6.07 Å². The molecule has 0 spiro atoms. The minimum atomic E-state index is -0.707. The fourth-order valence-electron chi connectivity index (χ4n) is 4.91. The molecule has 1 aromatic heterocycles. The highest BCUT2D eigenvalue weighted by molar-refractivity contribution is 5.93. The number of aliphatic hydroxyl groups excluding tert-OH is 1. The van der Waals surface area contributed by atoms with Crippen molar-refractivity contribution < 1.29 is 14.7 Å². The molecular formula is C21H32N4O3. The van der Waals surface area contributed by atoms with Crippen LogP contribution in [-0.2, 0) is 11.8 Å². The number of amides is 2. The number of nitrogens with zero attached hydrogens (tertiary/aromatic N) is 3. The average Bonchev–Trinajstić information content (AvgIpc) is 3.39. The van der Waals surface area contributed by atoms with Crippen LogP contribution in [0.5, 0.6) is 0 Å². The van der Waals surface area contributed by atoms with Gasteiger partial charge in [0, 0.05) is 38.2 Å². The number of rotatable bonds is 6. The van der Waals surface area contributed by atoms with Crippen LogP contribution in [0, 0.1) is 11.8 Å². The standard InChI is InChI=1S/C21H32N4O3/c1-14-4-3-5-15(8-14)9-19(27)22-21(13-26)11-25(12-21)20(28)17-10-18(16-6-7-16)24(2)23-17/h10,14-16,26H,3-9,11-13H2,1-2H3,(H,22,27). The number of hydrogen-bond donors (Lipinski definition) is 2. The third-order valence-electron chi connectivity index (χ3n) is 6.63. The lowest BCUT2D eigenvalue weighted by atomic mass is 9.80. The number of carbonyl (C=O) groups is 2. The second-order valence-corrected chi connectivity index (χ2v) is 9.34. The summed E-state index contributed by atoms with van der Waals surface area (Å²) in [5.74, 6) is 1.53. The van der Waals surface area contributed by atoms with Crippen molar-refractivity contribution in [1.82, 2.24) is 20.0 Å². The normalized spacial score (nSPS) is 26.6. The van der Waals surface area contributed by atoms with Gasteiger partial charge in [-0.25, -0.2) is 0 Å². The minimum Gasteiger partial charge on any atom is -0.394 e. The molecule has 0 bridgehead atoms. The van der Waals surface area contributed by atoms with Gasteiger partial charge >= 0.3 is 0 Å². The summed E-state index contributed by atoms with van der Waals surface area (Å²) >= 11 is 0. The molecule has 7 heteroatoms. The zero-order chi connectivity index (χ0) is 19.9. The Morgan fingerprint density at radius 1 is 1.29 bits per heavy atom. The van der Waals surface area contributed by atoms with Gasteiger partial charge in [-0.2, -0.15) is 5.10 Å². The smallest absolute Gasteiger partial charge is 0.274 e. The van der Waals surface area contributed by atoms with Crippen LogP contribution in [0.3, 0.4) is 0 Å². The molecule has 2 atom stereocenters. The van der Waals surface area contributed by atoms with E-state index in [1.165, 1.54) is 12.8 Å². The van der Waals surface area contributed by atoms with Crippen LogP contribution in [0.25, 0.3) is 0 Å². The van der Waals surface area contributed by atoms with Gasteiger partial charge in [-0.15, -0.1) is 0 Å². The van der Waals surface area contributed by atoms with Crippen LogP contribution in [0.4, 0.5) is 0 Å². The largest absolute Gasteiger partial charge is 0.394 e. The summed E-state index contributed by atoms with van der Waals surface area (Å²) in [6.45, 7) is 2.77. The molecule has 1 saturated heterocycles. The van der Waals surface area contributed by atoms with Gasteiger partial charge in [0.1, 0.15) is 0 Å². The molecule has 28 heavy (non-hydrogen) atoms. The Hall–Kier alpha value is -1.89. The van der Waals surface area contributed by atoms with Crippen molar-refractivity contribution in [1.29, 1.82) is 0 Å². The summed E-state index contributed by atoms with van der Waals surface area (Å²) in [6, 6.07) is 1.89. The third kappa shape index (κ3) is 3.95. The molecule has 2 N–H and O–H groups in total. The minimum absolute atomic E-state index is 0.00546. The lowest BCUT2D eigenvalue weighted by Gasteiger charge is -2.49. The Kier molecular flexibility index (Phi) is 5.21. The molecule has 3 fully saturated rings. The summed E-state index contributed by atoms with van der Waals surface area (Å²) < 4.78 is 1.80. The molecule has 2 saturated carbocycles. The van der Waals surface area contributed by atoms with E-state index in [4.69, 9.17) is 0 Å². The number of nitrogens with one attached hydrogen (secondary N) is 1. The van der Waals surface area contributed by atoms with Gasteiger partial charge < -0.3 is 15.3 Å². The first-order valence-corrected chi connectivity index (χ1v) is 10.6. The lowest BCUT2D eigenvalue weighted by molar-refractivity contribution is -0.127. The van der Waals surface area contributed by atoms with Crippen LogP contribution >= 0.6 is 0 Å². The van der Waals surface area contributed by atoms with Gasteiger partial charge in [0.05, 0.1) is 12.1 Å². The number of aromatic nitrogens is 2. The first-order valence-electron chi connectivity index (χ1n) is 10.6. The summed E-state index contributed by atoms with van der Waals surface area (Å²) in [6.07, 6.45) is 7.51. The van der Waals surface area contributed by atoms with Crippen LogP contribution < -0.4 is 5.32 Å². The Labute approximate surface area is 166 Å². The zero-order valence-electron chi connectivity index (χ0n) is 17.0.